The Hall–Kier alpha value is -2.12. The topological polar surface area (TPSA) is 108 Å². The summed E-state index contributed by atoms with van der Waals surface area (Å²) in [7, 11) is 0. The number of anilines is 1. The Morgan fingerprint density at radius 1 is 1.31 bits per heavy atom. The molecule has 0 radical (unpaired) electrons. The fourth-order valence-corrected chi connectivity index (χ4v) is 5.77. The highest BCUT2D eigenvalue weighted by Gasteiger charge is 2.51. The van der Waals surface area contributed by atoms with Crippen LogP contribution in [0.2, 0.25) is 0 Å². The van der Waals surface area contributed by atoms with Crippen molar-refractivity contribution in [2.45, 2.75) is 50.0 Å². The zero-order valence-corrected chi connectivity index (χ0v) is 14.6. The van der Waals surface area contributed by atoms with E-state index in [1.54, 1.807) is 18.2 Å². The number of nitrogen functional groups attached to an aromatic ring is 1. The van der Waals surface area contributed by atoms with E-state index in [4.69, 9.17) is 5.73 Å². The number of hydrogen-bond donors (Lipinski definition) is 4. The molecule has 3 unspecified atom stereocenters. The van der Waals surface area contributed by atoms with Crippen molar-refractivity contribution in [1.29, 1.82) is 0 Å². The van der Waals surface area contributed by atoms with E-state index >= 15 is 0 Å². The predicted molar refractivity (Wildman–Crippen MR) is 94.7 cm³/mol. The number of amides is 2. The van der Waals surface area contributed by atoms with Crippen LogP contribution in [0.25, 0.3) is 0 Å². The van der Waals surface area contributed by atoms with Crippen molar-refractivity contribution in [2.75, 3.05) is 12.3 Å². The lowest BCUT2D eigenvalue weighted by Gasteiger charge is -2.57. The average Bonchev–Trinajstić information content (AvgIpc) is 2.77. The molecule has 7 heteroatoms. The van der Waals surface area contributed by atoms with E-state index in [-0.39, 0.29) is 24.0 Å². The van der Waals surface area contributed by atoms with Crippen LogP contribution in [0.3, 0.4) is 0 Å². The SMILES string of the molecule is Nc1ccc2c(c1)C(O)N(CC(=O)NC13C[C@@H]4CC(C[C@@H](C4)C1)N3)C2=O. The number of carbonyl (C=O) groups is 2. The van der Waals surface area contributed by atoms with E-state index in [0.717, 1.165) is 12.8 Å². The Morgan fingerprint density at radius 2 is 2.04 bits per heavy atom. The summed E-state index contributed by atoms with van der Waals surface area (Å²) in [5, 5.41) is 17.2. The number of nitrogens with zero attached hydrogens (tertiary/aromatic N) is 1. The van der Waals surface area contributed by atoms with Crippen LogP contribution in [0.5, 0.6) is 0 Å². The molecule has 2 saturated carbocycles. The van der Waals surface area contributed by atoms with Crippen LogP contribution in [-0.4, -0.2) is 40.1 Å². The molecule has 7 nitrogen and oxygen atoms in total. The Kier molecular flexibility index (Phi) is 3.36. The van der Waals surface area contributed by atoms with E-state index in [1.165, 1.54) is 24.2 Å². The maximum absolute atomic E-state index is 12.7. The number of piperidine rings is 2. The number of benzene rings is 1. The van der Waals surface area contributed by atoms with Gasteiger partial charge in [-0.2, -0.15) is 0 Å². The second-order valence-electron chi connectivity index (χ2n) is 8.47. The molecule has 2 aliphatic carbocycles. The number of nitrogens with two attached hydrogens (primary N) is 1. The van der Waals surface area contributed by atoms with E-state index in [9.17, 15) is 14.7 Å². The molecule has 4 bridgehead atoms. The molecule has 5 N–H and O–H groups in total. The van der Waals surface area contributed by atoms with Crippen LogP contribution in [-0.2, 0) is 4.79 Å². The van der Waals surface area contributed by atoms with E-state index in [1.807, 2.05) is 0 Å². The highest BCUT2D eigenvalue weighted by molar-refractivity contribution is 6.01. The maximum Gasteiger partial charge on any atom is 0.257 e. The molecule has 3 aliphatic heterocycles. The van der Waals surface area contributed by atoms with Gasteiger partial charge in [-0.25, -0.2) is 0 Å². The summed E-state index contributed by atoms with van der Waals surface area (Å²) in [6.07, 6.45) is 4.46. The Bertz CT molecular complexity index is 758. The number of hydrogen-bond acceptors (Lipinski definition) is 5. The normalized spacial score (nSPS) is 37.1. The lowest BCUT2D eigenvalue weighted by Crippen LogP contribution is -2.71. The largest absolute Gasteiger partial charge is 0.399 e. The summed E-state index contributed by atoms with van der Waals surface area (Å²) < 4.78 is 0. The summed E-state index contributed by atoms with van der Waals surface area (Å²) in [4.78, 5) is 26.5. The molecule has 2 amide bonds. The molecule has 26 heavy (non-hydrogen) atoms. The van der Waals surface area contributed by atoms with Crippen LogP contribution in [0, 0.1) is 11.8 Å². The smallest absolute Gasteiger partial charge is 0.257 e. The number of nitrogens with one attached hydrogen (secondary N) is 2. The Balaban J connectivity index is 1.30. The Labute approximate surface area is 151 Å². The molecular weight excluding hydrogens is 332 g/mol. The predicted octanol–water partition coefficient (Wildman–Crippen LogP) is 0.710. The molecule has 4 fully saturated rings. The first kappa shape index (κ1) is 16.1. The minimum atomic E-state index is -1.13. The van der Waals surface area contributed by atoms with Gasteiger partial charge < -0.3 is 16.2 Å². The maximum atomic E-state index is 12.7. The van der Waals surface area contributed by atoms with Gasteiger partial charge in [-0.1, -0.05) is 0 Å². The molecular formula is C19H24N4O3. The van der Waals surface area contributed by atoms with Crippen LogP contribution in [0.15, 0.2) is 18.2 Å². The fourth-order valence-electron chi connectivity index (χ4n) is 5.77. The van der Waals surface area contributed by atoms with E-state index in [2.05, 4.69) is 10.6 Å². The number of carbonyl (C=O) groups excluding carboxylic acids is 2. The van der Waals surface area contributed by atoms with Gasteiger partial charge in [0.2, 0.25) is 5.91 Å². The van der Waals surface area contributed by atoms with E-state index < -0.39 is 6.23 Å². The second-order valence-corrected chi connectivity index (χ2v) is 8.47. The van der Waals surface area contributed by atoms with Crippen molar-refractivity contribution < 1.29 is 14.7 Å². The van der Waals surface area contributed by atoms with Gasteiger partial charge in [-0.15, -0.1) is 0 Å². The molecule has 0 spiro atoms. The van der Waals surface area contributed by atoms with Gasteiger partial charge in [0.25, 0.3) is 5.91 Å². The molecule has 1 aromatic carbocycles. The van der Waals surface area contributed by atoms with Crippen molar-refractivity contribution in [1.82, 2.24) is 15.5 Å². The lowest BCUT2D eigenvalue weighted by molar-refractivity contribution is -0.130. The lowest BCUT2D eigenvalue weighted by atomic mass is 9.62. The third-order valence-electron chi connectivity index (χ3n) is 6.49. The van der Waals surface area contributed by atoms with Gasteiger partial charge in [0, 0.05) is 22.9 Å². The summed E-state index contributed by atoms with van der Waals surface area (Å²) in [5.74, 6) is 0.800. The summed E-state index contributed by atoms with van der Waals surface area (Å²) in [5.41, 5.74) is 6.78. The molecule has 2 saturated heterocycles. The minimum Gasteiger partial charge on any atom is -0.399 e. The van der Waals surface area contributed by atoms with Gasteiger partial charge >= 0.3 is 0 Å². The number of rotatable bonds is 3. The summed E-state index contributed by atoms with van der Waals surface area (Å²) in [6, 6.07) is 5.32. The molecule has 3 heterocycles. The number of aliphatic hydroxyl groups excluding tert-OH is 1. The van der Waals surface area contributed by atoms with Crippen molar-refractivity contribution in [3.05, 3.63) is 29.3 Å². The van der Waals surface area contributed by atoms with Gasteiger partial charge in [0.15, 0.2) is 6.23 Å². The van der Waals surface area contributed by atoms with Gasteiger partial charge in [-0.05, 0) is 62.1 Å². The molecule has 0 aromatic heterocycles. The molecule has 1 aromatic rings. The molecule has 5 aliphatic rings. The molecule has 138 valence electrons. The van der Waals surface area contributed by atoms with Crippen molar-refractivity contribution in [3.63, 3.8) is 0 Å². The standard InChI is InChI=1S/C19H24N4O3/c20-12-1-2-14-15(6-12)18(26)23(17(14)25)9-16(24)22-19-7-10-3-11(8-19)5-13(4-10)21-19/h1-2,6,10-11,13,18,21,26H,3-5,7-9,20H2,(H,22,24)/t10-,11+,13?,18?,19?. The molecule has 6 rings (SSSR count). The monoisotopic (exact) mass is 356 g/mol. The Morgan fingerprint density at radius 3 is 2.73 bits per heavy atom. The third kappa shape index (κ3) is 2.41. The first-order valence-electron chi connectivity index (χ1n) is 9.40. The van der Waals surface area contributed by atoms with Crippen molar-refractivity contribution >= 4 is 17.5 Å². The van der Waals surface area contributed by atoms with E-state index in [0.29, 0.717) is 34.7 Å². The van der Waals surface area contributed by atoms with Crippen LogP contribution in [0.1, 0.15) is 54.3 Å². The minimum absolute atomic E-state index is 0.155. The average molecular weight is 356 g/mol. The van der Waals surface area contributed by atoms with Crippen molar-refractivity contribution in [2.24, 2.45) is 11.8 Å². The first-order chi connectivity index (χ1) is 12.4. The van der Waals surface area contributed by atoms with Gasteiger partial charge in [0.05, 0.1) is 5.66 Å². The van der Waals surface area contributed by atoms with Gasteiger partial charge in [-0.3, -0.25) is 19.8 Å². The quantitative estimate of drug-likeness (QED) is 0.597. The van der Waals surface area contributed by atoms with Crippen LogP contribution < -0.4 is 16.4 Å². The fraction of sp³-hybridized carbons (Fsp3) is 0.579. The number of aliphatic hydroxyl groups is 1. The highest BCUT2D eigenvalue weighted by Crippen LogP contribution is 2.48. The summed E-state index contributed by atoms with van der Waals surface area (Å²) in [6.45, 7) is -0.155. The van der Waals surface area contributed by atoms with Crippen LogP contribution >= 0.6 is 0 Å². The zero-order chi connectivity index (χ0) is 18.1. The zero-order valence-electron chi connectivity index (χ0n) is 14.6. The highest BCUT2D eigenvalue weighted by atomic mass is 16.3. The molecule has 5 atom stereocenters. The van der Waals surface area contributed by atoms with Crippen LogP contribution in [0.4, 0.5) is 5.69 Å². The summed E-state index contributed by atoms with van der Waals surface area (Å²) >= 11 is 0. The third-order valence-corrected chi connectivity index (χ3v) is 6.49. The van der Waals surface area contributed by atoms with Gasteiger partial charge in [0.1, 0.15) is 6.54 Å². The number of fused-ring (bicyclic) bond motifs is 1. The first-order valence-corrected chi connectivity index (χ1v) is 9.40. The van der Waals surface area contributed by atoms with Crippen molar-refractivity contribution in [3.8, 4) is 0 Å². The second kappa shape index (κ2) is 5.44.